The molecular weight excluding hydrogens is 252 g/mol. The van der Waals surface area contributed by atoms with Crippen LogP contribution in [0.1, 0.15) is 33.1 Å². The molecular formula is C16H24N2O2. The van der Waals surface area contributed by atoms with Gasteiger partial charge < -0.3 is 20.1 Å². The van der Waals surface area contributed by atoms with Crippen molar-refractivity contribution in [3.8, 4) is 11.5 Å². The lowest BCUT2D eigenvalue weighted by Crippen LogP contribution is -2.38. The summed E-state index contributed by atoms with van der Waals surface area (Å²) in [6.45, 7) is 8.02. The number of fused-ring (bicyclic) bond motifs is 1. The van der Waals surface area contributed by atoms with E-state index in [4.69, 9.17) is 15.2 Å². The molecule has 20 heavy (non-hydrogen) atoms. The van der Waals surface area contributed by atoms with E-state index in [1.165, 1.54) is 19.3 Å². The van der Waals surface area contributed by atoms with Gasteiger partial charge in [0.15, 0.2) is 11.5 Å². The summed E-state index contributed by atoms with van der Waals surface area (Å²) >= 11 is 0. The molecule has 1 fully saturated rings. The Morgan fingerprint density at radius 2 is 1.75 bits per heavy atom. The molecule has 0 bridgehead atoms. The Labute approximate surface area is 120 Å². The average Bonchev–Trinajstić information content (AvgIpc) is 2.48. The first-order valence-corrected chi connectivity index (χ1v) is 7.55. The summed E-state index contributed by atoms with van der Waals surface area (Å²) in [6, 6.07) is 3.94. The highest BCUT2D eigenvalue weighted by Gasteiger charge is 2.29. The van der Waals surface area contributed by atoms with Crippen LogP contribution in [-0.4, -0.2) is 26.3 Å². The third-order valence-corrected chi connectivity index (χ3v) is 4.86. The Bertz CT molecular complexity index is 493. The zero-order valence-electron chi connectivity index (χ0n) is 12.4. The standard InChI is InChI=1S/C16H24N2O2/c1-3-16(2)4-6-18(7-5-16)13-11-15-14(10-12(13)17)19-8-9-20-15/h10-11H,3-9,17H2,1-2H3. The smallest absolute Gasteiger partial charge is 0.163 e. The van der Waals surface area contributed by atoms with Crippen molar-refractivity contribution in [2.45, 2.75) is 33.1 Å². The maximum Gasteiger partial charge on any atom is 0.163 e. The number of hydrogen-bond acceptors (Lipinski definition) is 4. The lowest BCUT2D eigenvalue weighted by atomic mass is 9.78. The van der Waals surface area contributed by atoms with E-state index in [-0.39, 0.29) is 0 Å². The normalized spacial score (nSPS) is 20.8. The van der Waals surface area contributed by atoms with E-state index in [9.17, 15) is 0 Å². The van der Waals surface area contributed by atoms with Crippen molar-refractivity contribution in [1.82, 2.24) is 0 Å². The molecule has 1 aromatic rings. The van der Waals surface area contributed by atoms with Crippen molar-refractivity contribution < 1.29 is 9.47 Å². The Hall–Kier alpha value is -1.58. The van der Waals surface area contributed by atoms with Gasteiger partial charge in [-0.05, 0) is 18.3 Å². The maximum atomic E-state index is 6.20. The second-order valence-corrected chi connectivity index (χ2v) is 6.21. The van der Waals surface area contributed by atoms with Crippen molar-refractivity contribution in [3.05, 3.63) is 12.1 Å². The summed E-state index contributed by atoms with van der Waals surface area (Å²) in [6.07, 6.45) is 3.69. The average molecular weight is 276 g/mol. The molecule has 3 rings (SSSR count). The molecule has 0 unspecified atom stereocenters. The number of ether oxygens (including phenoxy) is 2. The topological polar surface area (TPSA) is 47.7 Å². The van der Waals surface area contributed by atoms with Gasteiger partial charge in [0.25, 0.3) is 0 Å². The predicted molar refractivity (Wildman–Crippen MR) is 81.7 cm³/mol. The van der Waals surface area contributed by atoms with Crippen LogP contribution in [0, 0.1) is 5.41 Å². The molecule has 1 aromatic carbocycles. The lowest BCUT2D eigenvalue weighted by molar-refractivity contribution is 0.171. The van der Waals surface area contributed by atoms with Crippen LogP contribution in [0.3, 0.4) is 0 Å². The van der Waals surface area contributed by atoms with Gasteiger partial charge in [-0.2, -0.15) is 0 Å². The first kappa shape index (κ1) is 13.4. The molecule has 4 nitrogen and oxygen atoms in total. The molecule has 2 N–H and O–H groups in total. The molecule has 0 saturated carbocycles. The van der Waals surface area contributed by atoms with E-state index in [1.807, 2.05) is 12.1 Å². The van der Waals surface area contributed by atoms with Crippen LogP contribution < -0.4 is 20.1 Å². The number of nitrogens with two attached hydrogens (primary N) is 1. The third kappa shape index (κ3) is 2.39. The Morgan fingerprint density at radius 3 is 2.35 bits per heavy atom. The second kappa shape index (κ2) is 5.08. The Balaban J connectivity index is 1.81. The lowest BCUT2D eigenvalue weighted by Gasteiger charge is -2.40. The third-order valence-electron chi connectivity index (χ3n) is 4.86. The van der Waals surface area contributed by atoms with Crippen molar-refractivity contribution >= 4 is 11.4 Å². The Kier molecular flexibility index (Phi) is 3.40. The van der Waals surface area contributed by atoms with Gasteiger partial charge in [0.1, 0.15) is 13.2 Å². The van der Waals surface area contributed by atoms with Gasteiger partial charge in [0.2, 0.25) is 0 Å². The van der Waals surface area contributed by atoms with Gasteiger partial charge in [-0.3, -0.25) is 0 Å². The van der Waals surface area contributed by atoms with Crippen LogP contribution >= 0.6 is 0 Å². The number of rotatable bonds is 2. The van der Waals surface area contributed by atoms with E-state index in [0.29, 0.717) is 18.6 Å². The zero-order valence-corrected chi connectivity index (χ0v) is 12.4. The van der Waals surface area contributed by atoms with Gasteiger partial charge in [-0.15, -0.1) is 0 Å². The number of nitrogens with zero attached hydrogens (tertiary/aromatic N) is 1. The molecule has 0 aliphatic carbocycles. The summed E-state index contributed by atoms with van der Waals surface area (Å²) in [5.41, 5.74) is 8.56. The molecule has 0 spiro atoms. The molecule has 0 atom stereocenters. The van der Waals surface area contributed by atoms with E-state index < -0.39 is 0 Å². The van der Waals surface area contributed by atoms with E-state index in [1.54, 1.807) is 0 Å². The summed E-state index contributed by atoms with van der Waals surface area (Å²) in [7, 11) is 0. The summed E-state index contributed by atoms with van der Waals surface area (Å²) in [4.78, 5) is 2.38. The molecule has 1 saturated heterocycles. The molecule has 0 radical (unpaired) electrons. The van der Waals surface area contributed by atoms with Crippen LogP contribution in [0.2, 0.25) is 0 Å². The second-order valence-electron chi connectivity index (χ2n) is 6.21. The highest BCUT2D eigenvalue weighted by atomic mass is 16.6. The highest BCUT2D eigenvalue weighted by molar-refractivity contribution is 5.73. The minimum absolute atomic E-state index is 0.485. The van der Waals surface area contributed by atoms with Gasteiger partial charge in [-0.1, -0.05) is 20.3 Å². The minimum atomic E-state index is 0.485. The van der Waals surface area contributed by atoms with Crippen LogP contribution in [0.25, 0.3) is 0 Å². The number of piperidine rings is 1. The first-order chi connectivity index (χ1) is 9.61. The first-order valence-electron chi connectivity index (χ1n) is 7.55. The monoisotopic (exact) mass is 276 g/mol. The predicted octanol–water partition coefficient (Wildman–Crippen LogP) is 3.06. The number of anilines is 2. The van der Waals surface area contributed by atoms with Gasteiger partial charge in [-0.25, -0.2) is 0 Å². The van der Waals surface area contributed by atoms with Crippen molar-refractivity contribution in [3.63, 3.8) is 0 Å². The number of nitrogen functional groups attached to an aromatic ring is 1. The zero-order chi connectivity index (χ0) is 14.2. The van der Waals surface area contributed by atoms with Crippen LogP contribution in [0.5, 0.6) is 11.5 Å². The van der Waals surface area contributed by atoms with E-state index in [0.717, 1.165) is 36.0 Å². The molecule has 110 valence electrons. The van der Waals surface area contributed by atoms with Crippen molar-refractivity contribution in [2.75, 3.05) is 36.9 Å². The summed E-state index contributed by atoms with van der Waals surface area (Å²) in [5.74, 6) is 1.59. The SMILES string of the molecule is CCC1(C)CCN(c2cc3c(cc2N)OCCO3)CC1. The fraction of sp³-hybridized carbons (Fsp3) is 0.625. The van der Waals surface area contributed by atoms with Crippen LogP contribution in [-0.2, 0) is 0 Å². The molecule has 2 aliphatic rings. The van der Waals surface area contributed by atoms with Crippen molar-refractivity contribution in [1.29, 1.82) is 0 Å². The van der Waals surface area contributed by atoms with Gasteiger partial charge in [0.05, 0.1) is 11.4 Å². The molecule has 0 aromatic heterocycles. The minimum Gasteiger partial charge on any atom is -0.486 e. The van der Waals surface area contributed by atoms with Crippen LogP contribution in [0.15, 0.2) is 12.1 Å². The Morgan fingerprint density at radius 1 is 1.15 bits per heavy atom. The molecule has 2 heterocycles. The fourth-order valence-corrected chi connectivity index (χ4v) is 3.01. The van der Waals surface area contributed by atoms with Crippen LogP contribution in [0.4, 0.5) is 11.4 Å². The number of benzene rings is 1. The van der Waals surface area contributed by atoms with E-state index >= 15 is 0 Å². The molecule has 0 amide bonds. The van der Waals surface area contributed by atoms with E-state index in [2.05, 4.69) is 18.7 Å². The highest BCUT2D eigenvalue weighted by Crippen LogP contribution is 2.41. The summed E-state index contributed by atoms with van der Waals surface area (Å²) < 4.78 is 11.2. The largest absolute Gasteiger partial charge is 0.486 e. The molecule has 2 aliphatic heterocycles. The van der Waals surface area contributed by atoms with Gasteiger partial charge >= 0.3 is 0 Å². The summed E-state index contributed by atoms with van der Waals surface area (Å²) in [5, 5.41) is 0. The molecule has 4 heteroatoms. The van der Waals surface area contributed by atoms with Crippen molar-refractivity contribution in [2.24, 2.45) is 5.41 Å². The number of hydrogen-bond donors (Lipinski definition) is 1. The quantitative estimate of drug-likeness (QED) is 0.843. The fourth-order valence-electron chi connectivity index (χ4n) is 3.01. The van der Waals surface area contributed by atoms with Gasteiger partial charge in [0, 0.05) is 25.2 Å². The maximum absolute atomic E-state index is 6.20.